The molecule has 0 aliphatic rings. The van der Waals surface area contributed by atoms with E-state index in [1.807, 2.05) is 0 Å². The van der Waals surface area contributed by atoms with Crippen LogP contribution >= 0.6 is 11.3 Å². The Morgan fingerprint density at radius 3 is 2.48 bits per heavy atom. The summed E-state index contributed by atoms with van der Waals surface area (Å²) >= 11 is 0.645. The molecule has 1 heterocycles. The van der Waals surface area contributed by atoms with Crippen LogP contribution in [0.3, 0.4) is 0 Å². The number of hydrogen-bond donors (Lipinski definition) is 2. The van der Waals surface area contributed by atoms with Gasteiger partial charge in [-0.2, -0.15) is 13.2 Å². The number of sulfonamides is 1. The maximum atomic E-state index is 12.8. The van der Waals surface area contributed by atoms with Crippen molar-refractivity contribution in [3.63, 3.8) is 0 Å². The highest BCUT2D eigenvalue weighted by atomic mass is 32.2. The second-order valence-electron chi connectivity index (χ2n) is 3.93. The molecule has 0 aliphatic carbocycles. The lowest BCUT2D eigenvalue weighted by Gasteiger charge is -2.12. The van der Waals surface area contributed by atoms with Crippen LogP contribution in [0.5, 0.6) is 0 Å². The monoisotopic (exact) mass is 338 g/mol. The van der Waals surface area contributed by atoms with E-state index < -0.39 is 26.1 Å². The molecule has 0 bridgehead atoms. The fourth-order valence-electron chi connectivity index (χ4n) is 1.52. The first kappa shape index (κ1) is 15.7. The summed E-state index contributed by atoms with van der Waals surface area (Å²) < 4.78 is 60.0. The summed E-state index contributed by atoms with van der Waals surface area (Å²) in [5.74, 6) is 0. The van der Waals surface area contributed by atoms with Crippen LogP contribution in [-0.4, -0.2) is 18.6 Å². The van der Waals surface area contributed by atoms with E-state index in [-0.39, 0.29) is 17.2 Å². The van der Waals surface area contributed by atoms with Crippen molar-refractivity contribution in [3.05, 3.63) is 35.4 Å². The number of nitrogens with two attached hydrogens (primary N) is 1. The van der Waals surface area contributed by atoms with Crippen LogP contribution in [0.2, 0.25) is 0 Å². The van der Waals surface area contributed by atoms with E-state index in [0.717, 1.165) is 6.07 Å². The number of alkyl halides is 3. The lowest BCUT2D eigenvalue weighted by atomic mass is 10.1. The predicted molar refractivity (Wildman–Crippen MR) is 70.1 cm³/mol. The van der Waals surface area contributed by atoms with Crippen LogP contribution in [0.1, 0.15) is 11.1 Å². The van der Waals surface area contributed by atoms with Crippen LogP contribution in [-0.2, 0) is 22.7 Å². The first-order valence-electron chi connectivity index (χ1n) is 5.43. The zero-order valence-electron chi connectivity index (χ0n) is 10.3. The summed E-state index contributed by atoms with van der Waals surface area (Å²) in [6.07, 6.45) is -4.47. The largest absolute Gasteiger partial charge is 0.416 e. The Balaban J connectivity index is 2.16. The number of halogens is 3. The predicted octanol–water partition coefficient (Wildman–Crippen LogP) is 1.82. The molecular formula is C10H9F3N4O2S2. The number of primary sulfonamides is 1. The zero-order valence-corrected chi connectivity index (χ0v) is 11.9. The van der Waals surface area contributed by atoms with Gasteiger partial charge in [-0.1, -0.05) is 29.5 Å². The Bertz CT molecular complexity index is 743. The van der Waals surface area contributed by atoms with E-state index in [0.29, 0.717) is 11.3 Å². The van der Waals surface area contributed by atoms with Crippen molar-refractivity contribution in [2.45, 2.75) is 17.1 Å². The Hall–Kier alpha value is -1.72. The van der Waals surface area contributed by atoms with Crippen molar-refractivity contribution in [1.29, 1.82) is 0 Å². The molecule has 0 saturated carbocycles. The van der Waals surface area contributed by atoms with Gasteiger partial charge in [0.05, 0.1) is 5.56 Å². The summed E-state index contributed by atoms with van der Waals surface area (Å²) in [6.45, 7) is -0.172. The molecule has 6 nitrogen and oxygen atoms in total. The number of hydrogen-bond acceptors (Lipinski definition) is 6. The van der Waals surface area contributed by atoms with Gasteiger partial charge in [0.25, 0.3) is 10.0 Å². The Morgan fingerprint density at radius 2 is 1.90 bits per heavy atom. The van der Waals surface area contributed by atoms with Crippen LogP contribution in [0.15, 0.2) is 28.6 Å². The van der Waals surface area contributed by atoms with Gasteiger partial charge in [-0.15, -0.1) is 10.2 Å². The molecular weight excluding hydrogens is 329 g/mol. The minimum absolute atomic E-state index is 0.0114. The zero-order chi connectivity index (χ0) is 15.7. The third-order valence-electron chi connectivity index (χ3n) is 2.40. The van der Waals surface area contributed by atoms with Gasteiger partial charge < -0.3 is 5.32 Å². The highest BCUT2D eigenvalue weighted by Gasteiger charge is 2.32. The van der Waals surface area contributed by atoms with Gasteiger partial charge in [-0.25, -0.2) is 13.6 Å². The minimum atomic E-state index is -4.47. The molecule has 21 heavy (non-hydrogen) atoms. The Kier molecular flexibility index (Phi) is 4.16. The second-order valence-corrected chi connectivity index (χ2v) is 6.64. The van der Waals surface area contributed by atoms with Gasteiger partial charge in [0.1, 0.15) is 0 Å². The molecule has 1 aromatic heterocycles. The molecule has 0 unspecified atom stereocenters. The van der Waals surface area contributed by atoms with Crippen LogP contribution in [0, 0.1) is 0 Å². The van der Waals surface area contributed by atoms with Gasteiger partial charge >= 0.3 is 6.18 Å². The first-order valence-corrected chi connectivity index (χ1v) is 7.79. The third-order valence-corrected chi connectivity index (χ3v) is 4.59. The number of nitrogens with zero attached hydrogens (tertiary/aromatic N) is 2. The Labute approximate surface area is 121 Å². The van der Waals surface area contributed by atoms with Crippen molar-refractivity contribution in [3.8, 4) is 0 Å². The molecule has 0 radical (unpaired) electrons. The molecule has 0 fully saturated rings. The average Bonchev–Trinajstić information content (AvgIpc) is 2.84. The molecule has 2 aromatic rings. The topological polar surface area (TPSA) is 98.0 Å². The number of rotatable bonds is 4. The van der Waals surface area contributed by atoms with Crippen LogP contribution in [0.25, 0.3) is 0 Å². The molecule has 0 atom stereocenters. The van der Waals surface area contributed by atoms with Gasteiger partial charge in [-0.3, -0.25) is 0 Å². The summed E-state index contributed by atoms with van der Waals surface area (Å²) in [7, 11) is -3.97. The molecule has 0 amide bonds. The second kappa shape index (κ2) is 5.58. The Morgan fingerprint density at radius 1 is 1.24 bits per heavy atom. The lowest BCUT2D eigenvalue weighted by Crippen LogP contribution is -2.11. The quantitative estimate of drug-likeness (QED) is 0.886. The molecule has 1 aromatic carbocycles. The van der Waals surface area contributed by atoms with Gasteiger partial charge in [-0.05, 0) is 11.6 Å². The van der Waals surface area contributed by atoms with Crippen molar-refractivity contribution in [1.82, 2.24) is 10.2 Å². The maximum Gasteiger partial charge on any atom is 0.416 e. The van der Waals surface area contributed by atoms with Gasteiger partial charge in [0.15, 0.2) is 0 Å². The van der Waals surface area contributed by atoms with E-state index in [9.17, 15) is 21.6 Å². The van der Waals surface area contributed by atoms with Crippen LogP contribution < -0.4 is 10.5 Å². The number of benzene rings is 1. The van der Waals surface area contributed by atoms with Gasteiger partial charge in [0, 0.05) is 6.54 Å². The maximum absolute atomic E-state index is 12.8. The molecule has 114 valence electrons. The summed E-state index contributed by atoms with van der Waals surface area (Å²) in [5.41, 5.74) is -0.758. The standard InChI is InChI=1S/C10H9F3N4O2S2/c11-10(12,13)7-4-2-1-3-6(7)5-15-8-16-17-9(20-8)21(14,18)19/h1-4H,5H2,(H,15,16)(H2,14,18,19). The van der Waals surface area contributed by atoms with Crippen molar-refractivity contribution < 1.29 is 21.6 Å². The van der Waals surface area contributed by atoms with E-state index in [4.69, 9.17) is 5.14 Å². The average molecular weight is 338 g/mol. The van der Waals surface area contributed by atoms with E-state index in [1.54, 1.807) is 0 Å². The highest BCUT2D eigenvalue weighted by molar-refractivity contribution is 7.91. The number of aromatic nitrogens is 2. The number of anilines is 1. The first-order chi connectivity index (χ1) is 9.68. The SMILES string of the molecule is NS(=O)(=O)c1nnc(NCc2ccccc2C(F)(F)F)s1. The normalized spacial score (nSPS) is 12.4. The third kappa shape index (κ3) is 3.89. The highest BCUT2D eigenvalue weighted by Crippen LogP contribution is 2.32. The molecule has 0 spiro atoms. The van der Waals surface area contributed by atoms with Crippen molar-refractivity contribution >= 4 is 26.5 Å². The van der Waals surface area contributed by atoms with Crippen molar-refractivity contribution in [2.75, 3.05) is 5.32 Å². The molecule has 0 saturated heterocycles. The van der Waals surface area contributed by atoms with Crippen molar-refractivity contribution in [2.24, 2.45) is 5.14 Å². The minimum Gasteiger partial charge on any atom is -0.356 e. The van der Waals surface area contributed by atoms with Crippen LogP contribution in [0.4, 0.5) is 18.3 Å². The summed E-state index contributed by atoms with van der Waals surface area (Å²) in [6, 6.07) is 5.04. The fourth-order valence-corrected chi connectivity index (χ4v) is 2.85. The fraction of sp³-hybridized carbons (Fsp3) is 0.200. The summed E-state index contributed by atoms with van der Waals surface area (Å²) in [5, 5.41) is 14.4. The lowest BCUT2D eigenvalue weighted by molar-refractivity contribution is -0.138. The molecule has 3 N–H and O–H groups in total. The van der Waals surface area contributed by atoms with Gasteiger partial charge in [0.2, 0.25) is 9.47 Å². The molecule has 2 rings (SSSR count). The van der Waals surface area contributed by atoms with E-state index in [1.165, 1.54) is 18.2 Å². The molecule has 0 aliphatic heterocycles. The smallest absolute Gasteiger partial charge is 0.356 e. The van der Waals surface area contributed by atoms with E-state index >= 15 is 0 Å². The van der Waals surface area contributed by atoms with E-state index in [2.05, 4.69) is 15.5 Å². The summed E-state index contributed by atoms with van der Waals surface area (Å²) in [4.78, 5) is 0. The molecule has 11 heteroatoms. The number of nitrogens with one attached hydrogen (secondary N) is 1.